The minimum absolute atomic E-state index is 0.222. The van der Waals surface area contributed by atoms with Crippen molar-refractivity contribution in [2.75, 3.05) is 19.5 Å². The van der Waals surface area contributed by atoms with Crippen LogP contribution in [0.1, 0.15) is 36.3 Å². The Morgan fingerprint density at radius 3 is 2.44 bits per heavy atom. The Labute approximate surface area is 197 Å². The van der Waals surface area contributed by atoms with E-state index >= 15 is 0 Å². The number of sulfonamides is 1. The van der Waals surface area contributed by atoms with E-state index in [-0.39, 0.29) is 11.4 Å². The van der Waals surface area contributed by atoms with Gasteiger partial charge in [0.25, 0.3) is 0 Å². The van der Waals surface area contributed by atoms with Crippen molar-refractivity contribution in [3.63, 3.8) is 0 Å². The molecule has 0 aliphatic heterocycles. The lowest BCUT2D eigenvalue weighted by Gasteiger charge is -2.25. The number of hydrogen-bond acceptors (Lipinski definition) is 5. The SMILES string of the molecule is COc1ccc(CN(C)S(=O)(=O)c2ccc(Nc3ccc(C4CCC4)cn3)c(Br)c2)cc1. The van der Waals surface area contributed by atoms with Gasteiger partial charge >= 0.3 is 0 Å². The van der Waals surface area contributed by atoms with E-state index in [1.54, 1.807) is 32.4 Å². The second-order valence-electron chi connectivity index (χ2n) is 7.98. The second-order valence-corrected chi connectivity index (χ2v) is 10.9. The van der Waals surface area contributed by atoms with Crippen molar-refractivity contribution in [2.45, 2.75) is 36.6 Å². The van der Waals surface area contributed by atoms with Crippen molar-refractivity contribution < 1.29 is 13.2 Å². The summed E-state index contributed by atoms with van der Waals surface area (Å²) in [5, 5.41) is 3.25. The maximum absolute atomic E-state index is 13.1. The van der Waals surface area contributed by atoms with Gasteiger partial charge in [0.15, 0.2) is 0 Å². The van der Waals surface area contributed by atoms with Crippen LogP contribution < -0.4 is 10.1 Å². The lowest BCUT2D eigenvalue weighted by molar-refractivity contribution is 0.414. The number of rotatable bonds is 8. The van der Waals surface area contributed by atoms with E-state index in [0.29, 0.717) is 10.4 Å². The Morgan fingerprint density at radius 1 is 1.12 bits per heavy atom. The number of nitrogens with zero attached hydrogens (tertiary/aromatic N) is 2. The standard InChI is InChI=1S/C24H26BrN3O3S/c1-28(16-17-6-9-20(31-2)10-7-17)32(29,30)21-11-12-23(22(25)14-21)27-24-13-8-19(15-26-24)18-4-3-5-18/h6-15,18H,3-5,16H2,1-2H3,(H,26,27). The molecule has 6 nitrogen and oxygen atoms in total. The van der Waals surface area contributed by atoms with Crippen LogP contribution in [0.25, 0.3) is 0 Å². The van der Waals surface area contributed by atoms with Crippen molar-refractivity contribution >= 4 is 37.5 Å². The molecule has 1 N–H and O–H groups in total. The fourth-order valence-corrected chi connectivity index (χ4v) is 5.43. The molecule has 1 saturated carbocycles. The monoisotopic (exact) mass is 515 g/mol. The Balaban J connectivity index is 1.45. The van der Waals surface area contributed by atoms with Crippen LogP contribution in [0.3, 0.4) is 0 Å². The number of methoxy groups -OCH3 is 1. The topological polar surface area (TPSA) is 71.5 Å². The molecule has 32 heavy (non-hydrogen) atoms. The summed E-state index contributed by atoms with van der Waals surface area (Å²) in [4.78, 5) is 4.73. The summed E-state index contributed by atoms with van der Waals surface area (Å²) in [5.41, 5.74) is 2.92. The first-order valence-corrected chi connectivity index (χ1v) is 12.7. The Hall–Kier alpha value is -2.42. The highest BCUT2D eigenvalue weighted by molar-refractivity contribution is 9.10. The zero-order valence-electron chi connectivity index (χ0n) is 18.1. The van der Waals surface area contributed by atoms with Crippen LogP contribution in [0, 0.1) is 0 Å². The summed E-state index contributed by atoms with van der Waals surface area (Å²) in [6.45, 7) is 0.265. The van der Waals surface area contributed by atoms with E-state index in [1.165, 1.54) is 29.1 Å². The molecule has 3 aromatic rings. The molecule has 2 aromatic carbocycles. The van der Waals surface area contributed by atoms with Gasteiger partial charge in [-0.3, -0.25) is 0 Å². The van der Waals surface area contributed by atoms with E-state index in [9.17, 15) is 8.42 Å². The van der Waals surface area contributed by atoms with Gasteiger partial charge < -0.3 is 10.1 Å². The van der Waals surface area contributed by atoms with Gasteiger partial charge in [-0.15, -0.1) is 0 Å². The molecule has 0 spiro atoms. The summed E-state index contributed by atoms with van der Waals surface area (Å²) in [7, 11) is -0.472. The van der Waals surface area contributed by atoms with E-state index < -0.39 is 10.0 Å². The third-order valence-electron chi connectivity index (χ3n) is 5.84. The molecule has 1 aromatic heterocycles. The van der Waals surface area contributed by atoms with E-state index in [0.717, 1.165) is 22.8 Å². The molecule has 1 aliphatic carbocycles. The number of ether oxygens (including phenoxy) is 1. The van der Waals surface area contributed by atoms with Crippen LogP contribution in [0.2, 0.25) is 0 Å². The van der Waals surface area contributed by atoms with Gasteiger partial charge in [-0.05, 0) is 82.2 Å². The van der Waals surface area contributed by atoms with E-state index in [4.69, 9.17) is 4.74 Å². The Morgan fingerprint density at radius 2 is 1.88 bits per heavy atom. The Bertz CT molecular complexity index is 1180. The van der Waals surface area contributed by atoms with Gasteiger partial charge in [-0.1, -0.05) is 24.6 Å². The molecule has 0 saturated heterocycles. The van der Waals surface area contributed by atoms with Gasteiger partial charge in [0.05, 0.1) is 17.7 Å². The maximum atomic E-state index is 13.1. The van der Waals surface area contributed by atoms with Crippen molar-refractivity contribution in [2.24, 2.45) is 0 Å². The minimum atomic E-state index is -3.65. The third kappa shape index (κ3) is 4.98. The average Bonchev–Trinajstić information content (AvgIpc) is 2.75. The molecule has 168 valence electrons. The number of aromatic nitrogens is 1. The molecule has 8 heteroatoms. The lowest BCUT2D eigenvalue weighted by Crippen LogP contribution is -2.26. The molecular formula is C24H26BrN3O3S. The first-order chi connectivity index (χ1) is 15.4. The highest BCUT2D eigenvalue weighted by Crippen LogP contribution is 2.36. The second kappa shape index (κ2) is 9.60. The number of pyridine rings is 1. The zero-order valence-corrected chi connectivity index (χ0v) is 20.5. The van der Waals surface area contributed by atoms with Gasteiger partial charge in [0.1, 0.15) is 11.6 Å². The summed E-state index contributed by atoms with van der Waals surface area (Å²) in [5.74, 6) is 2.10. The predicted octanol–water partition coefficient (Wildman–Crippen LogP) is 5.68. The van der Waals surface area contributed by atoms with Crippen molar-refractivity contribution in [1.29, 1.82) is 0 Å². The van der Waals surface area contributed by atoms with Crippen LogP contribution in [0.5, 0.6) is 5.75 Å². The quantitative estimate of drug-likeness (QED) is 0.417. The van der Waals surface area contributed by atoms with Crippen LogP contribution in [0.4, 0.5) is 11.5 Å². The molecule has 4 rings (SSSR count). The minimum Gasteiger partial charge on any atom is -0.497 e. The smallest absolute Gasteiger partial charge is 0.243 e. The highest BCUT2D eigenvalue weighted by Gasteiger charge is 2.22. The first kappa shape index (κ1) is 22.8. The third-order valence-corrected chi connectivity index (χ3v) is 8.29. The molecule has 0 unspecified atom stereocenters. The zero-order chi connectivity index (χ0) is 22.7. The summed E-state index contributed by atoms with van der Waals surface area (Å²) >= 11 is 3.50. The molecule has 1 heterocycles. The summed E-state index contributed by atoms with van der Waals surface area (Å²) < 4.78 is 33.3. The summed E-state index contributed by atoms with van der Waals surface area (Å²) in [6, 6.07) is 16.4. The normalized spacial score (nSPS) is 14.2. The Kier molecular flexibility index (Phi) is 6.83. The van der Waals surface area contributed by atoms with Crippen LogP contribution in [0.15, 0.2) is 70.2 Å². The van der Waals surface area contributed by atoms with Crippen LogP contribution in [-0.2, 0) is 16.6 Å². The largest absolute Gasteiger partial charge is 0.497 e. The summed E-state index contributed by atoms with van der Waals surface area (Å²) in [6.07, 6.45) is 5.70. The molecule has 0 atom stereocenters. The highest BCUT2D eigenvalue weighted by atomic mass is 79.9. The number of benzene rings is 2. The number of halogens is 1. The van der Waals surface area contributed by atoms with Gasteiger partial charge in [-0.2, -0.15) is 4.31 Å². The number of nitrogens with one attached hydrogen (secondary N) is 1. The number of hydrogen-bond donors (Lipinski definition) is 1. The average molecular weight is 516 g/mol. The predicted molar refractivity (Wildman–Crippen MR) is 130 cm³/mol. The molecule has 0 radical (unpaired) electrons. The van der Waals surface area contributed by atoms with Crippen LogP contribution >= 0.6 is 15.9 Å². The van der Waals surface area contributed by atoms with Gasteiger partial charge in [0, 0.05) is 24.3 Å². The van der Waals surface area contributed by atoms with Crippen LogP contribution in [-0.4, -0.2) is 31.9 Å². The molecule has 0 amide bonds. The fourth-order valence-electron chi connectivity index (χ4n) is 3.61. The van der Waals surface area contributed by atoms with E-state index in [2.05, 4.69) is 32.3 Å². The van der Waals surface area contributed by atoms with Crippen molar-refractivity contribution in [3.8, 4) is 5.75 Å². The molecular weight excluding hydrogens is 490 g/mol. The van der Waals surface area contributed by atoms with Gasteiger partial charge in [0.2, 0.25) is 10.0 Å². The maximum Gasteiger partial charge on any atom is 0.243 e. The fraction of sp³-hybridized carbons (Fsp3) is 0.292. The number of anilines is 2. The molecule has 0 bridgehead atoms. The van der Waals surface area contributed by atoms with Crippen molar-refractivity contribution in [1.82, 2.24) is 9.29 Å². The first-order valence-electron chi connectivity index (χ1n) is 10.5. The lowest BCUT2D eigenvalue weighted by atomic mass is 9.81. The molecule has 1 fully saturated rings. The van der Waals surface area contributed by atoms with Gasteiger partial charge in [-0.25, -0.2) is 13.4 Å². The van der Waals surface area contributed by atoms with E-state index in [1.807, 2.05) is 36.5 Å². The van der Waals surface area contributed by atoms with Crippen molar-refractivity contribution in [3.05, 3.63) is 76.4 Å². The molecule has 1 aliphatic rings.